The van der Waals surface area contributed by atoms with Crippen molar-refractivity contribution in [2.45, 2.75) is 173 Å². The molecule has 1 fully saturated rings. The van der Waals surface area contributed by atoms with Crippen LogP contribution in [0.4, 0.5) is 0 Å². The van der Waals surface area contributed by atoms with Gasteiger partial charge in [0.25, 0.3) is 0 Å². The molecule has 1 aliphatic rings. The fraction of sp³-hybridized carbons (Fsp3) is 0.816. The summed E-state index contributed by atoms with van der Waals surface area (Å²) in [6.07, 6.45) is 23.4. The molecule has 1 rings (SSSR count). The number of esters is 1. The molecule has 0 radical (unpaired) electrons. The second kappa shape index (κ2) is 30.7. The molecule has 1 heterocycles. The van der Waals surface area contributed by atoms with Crippen LogP contribution in [0.15, 0.2) is 36.5 Å². The number of aliphatic hydroxyl groups is 3. The lowest BCUT2D eigenvalue weighted by Crippen LogP contribution is -2.60. The molecule has 12 nitrogen and oxygen atoms in total. The lowest BCUT2D eigenvalue weighted by Gasteiger charge is -2.41. The molecule has 0 bridgehead atoms. The van der Waals surface area contributed by atoms with Gasteiger partial charge in [-0.2, -0.15) is 8.42 Å². The fourth-order valence-corrected chi connectivity index (χ4v) is 6.13. The van der Waals surface area contributed by atoms with Crippen molar-refractivity contribution in [2.24, 2.45) is 0 Å². The largest absolute Gasteiger partial charge is 0.457 e. The smallest absolute Gasteiger partial charge is 0.397 e. The average Bonchev–Trinajstić information content (AvgIpc) is 3.09. The first-order chi connectivity index (χ1) is 24.6. The molecule has 1 saturated heterocycles. The number of unbranched alkanes of at least 4 members (excludes halogenated alkanes) is 13. The SMILES string of the molecule is CC/C=C\C/C=C\C/C=C\CCCCCCCC(=O)OC(COCCCCCCCCCCC)COC1OC(CO)C(O)C(OS(=O)(=O)O)C1O. The number of hydrogen-bond donors (Lipinski definition) is 4. The summed E-state index contributed by atoms with van der Waals surface area (Å²) < 4.78 is 58.7. The van der Waals surface area contributed by atoms with E-state index in [0.717, 1.165) is 70.6 Å². The van der Waals surface area contributed by atoms with E-state index in [-0.39, 0.29) is 19.6 Å². The summed E-state index contributed by atoms with van der Waals surface area (Å²) in [6.45, 7) is 3.81. The van der Waals surface area contributed by atoms with Crippen LogP contribution in [0.2, 0.25) is 0 Å². The molecule has 298 valence electrons. The van der Waals surface area contributed by atoms with Crippen LogP contribution in [0.5, 0.6) is 0 Å². The average molecular weight is 749 g/mol. The van der Waals surface area contributed by atoms with E-state index in [1.54, 1.807) is 0 Å². The van der Waals surface area contributed by atoms with Gasteiger partial charge in [-0.15, -0.1) is 0 Å². The van der Waals surface area contributed by atoms with Gasteiger partial charge in [0, 0.05) is 13.0 Å². The van der Waals surface area contributed by atoms with Gasteiger partial charge in [0.2, 0.25) is 0 Å². The second-order valence-corrected chi connectivity index (χ2v) is 14.2. The van der Waals surface area contributed by atoms with Crippen LogP contribution in [0.1, 0.15) is 136 Å². The highest BCUT2D eigenvalue weighted by molar-refractivity contribution is 7.80. The molecule has 0 saturated carbocycles. The van der Waals surface area contributed by atoms with Crippen LogP contribution in [0, 0.1) is 0 Å². The maximum absolute atomic E-state index is 12.7. The van der Waals surface area contributed by atoms with Crippen LogP contribution < -0.4 is 0 Å². The van der Waals surface area contributed by atoms with E-state index < -0.39 is 59.8 Å². The first-order valence-electron chi connectivity index (χ1n) is 19.2. The molecular formula is C38H68O12S. The topological polar surface area (TPSA) is 178 Å². The lowest BCUT2D eigenvalue weighted by atomic mass is 9.99. The predicted molar refractivity (Wildman–Crippen MR) is 197 cm³/mol. The van der Waals surface area contributed by atoms with E-state index >= 15 is 0 Å². The van der Waals surface area contributed by atoms with Crippen molar-refractivity contribution in [1.29, 1.82) is 0 Å². The van der Waals surface area contributed by atoms with Gasteiger partial charge in [-0.05, 0) is 44.9 Å². The van der Waals surface area contributed by atoms with Crippen molar-refractivity contribution in [1.82, 2.24) is 0 Å². The zero-order valence-corrected chi connectivity index (χ0v) is 32.0. The van der Waals surface area contributed by atoms with Gasteiger partial charge < -0.3 is 34.3 Å². The standard InChI is InChI=1S/C38H68O12S/c1-3-5-7-9-11-13-14-15-16-17-18-19-21-23-25-27-34(40)48-32(30-46-28-26-24-22-20-12-10-8-6-4-2)31-47-38-36(42)37(50-51(43,44)45)35(41)33(29-39)49-38/h5,7,11,13,15-16,32-33,35-39,41-42H,3-4,6,8-10,12,14,17-31H2,1-2H3,(H,43,44,45)/b7-5-,13-11-,16-15-. The summed E-state index contributed by atoms with van der Waals surface area (Å²) in [5.74, 6) is -0.419. The first kappa shape index (κ1) is 47.3. The van der Waals surface area contributed by atoms with Gasteiger partial charge in [0.1, 0.15) is 30.5 Å². The number of carbonyl (C=O) groups is 1. The molecule has 13 heteroatoms. The van der Waals surface area contributed by atoms with E-state index in [2.05, 4.69) is 54.5 Å². The molecule has 0 aromatic heterocycles. The molecule has 6 atom stereocenters. The summed E-state index contributed by atoms with van der Waals surface area (Å²) in [4.78, 5) is 12.7. The minimum absolute atomic E-state index is 0.0296. The van der Waals surface area contributed by atoms with Gasteiger partial charge in [0.15, 0.2) is 6.29 Å². The van der Waals surface area contributed by atoms with Crippen molar-refractivity contribution in [3.63, 3.8) is 0 Å². The molecule has 4 N–H and O–H groups in total. The molecule has 1 aliphatic heterocycles. The zero-order chi connectivity index (χ0) is 37.6. The Bertz CT molecular complexity index is 1050. The monoisotopic (exact) mass is 748 g/mol. The third-order valence-corrected chi connectivity index (χ3v) is 8.99. The Hall–Kier alpha value is -1.68. The zero-order valence-electron chi connectivity index (χ0n) is 31.2. The Morgan fingerprint density at radius 3 is 1.98 bits per heavy atom. The number of rotatable bonds is 32. The third kappa shape index (κ3) is 25.1. The van der Waals surface area contributed by atoms with Gasteiger partial charge in [-0.1, -0.05) is 121 Å². The molecule has 0 amide bonds. The Balaban J connectivity index is 2.51. The minimum atomic E-state index is -5.06. The van der Waals surface area contributed by atoms with E-state index in [1.807, 2.05) is 0 Å². The number of allylic oxidation sites excluding steroid dienone is 6. The summed E-state index contributed by atoms with van der Waals surface area (Å²) in [5, 5.41) is 30.5. The van der Waals surface area contributed by atoms with Crippen molar-refractivity contribution in [3.8, 4) is 0 Å². The predicted octanol–water partition coefficient (Wildman–Crippen LogP) is 6.68. The molecule has 6 unspecified atom stereocenters. The minimum Gasteiger partial charge on any atom is -0.457 e. The van der Waals surface area contributed by atoms with Gasteiger partial charge >= 0.3 is 16.4 Å². The highest BCUT2D eigenvalue weighted by Crippen LogP contribution is 2.26. The number of carbonyl (C=O) groups excluding carboxylic acids is 1. The lowest BCUT2D eigenvalue weighted by molar-refractivity contribution is -0.301. The molecule has 0 aromatic rings. The van der Waals surface area contributed by atoms with E-state index in [1.165, 1.54) is 38.5 Å². The van der Waals surface area contributed by atoms with Crippen LogP contribution in [0.3, 0.4) is 0 Å². The summed E-state index contributed by atoms with van der Waals surface area (Å²) in [6, 6.07) is 0. The quantitative estimate of drug-likeness (QED) is 0.0249. The Kier molecular flexibility index (Phi) is 28.5. The van der Waals surface area contributed by atoms with E-state index in [9.17, 15) is 28.5 Å². The molecular weight excluding hydrogens is 680 g/mol. The molecule has 0 aromatic carbocycles. The summed E-state index contributed by atoms with van der Waals surface area (Å²) in [7, 11) is -5.06. The Labute approximate surface area is 307 Å². The van der Waals surface area contributed by atoms with E-state index in [0.29, 0.717) is 13.0 Å². The Morgan fingerprint density at radius 1 is 0.765 bits per heavy atom. The molecule has 0 aliphatic carbocycles. The fourth-order valence-electron chi connectivity index (χ4n) is 5.63. The summed E-state index contributed by atoms with van der Waals surface area (Å²) >= 11 is 0. The summed E-state index contributed by atoms with van der Waals surface area (Å²) in [5.41, 5.74) is 0. The first-order valence-corrected chi connectivity index (χ1v) is 20.6. The maximum atomic E-state index is 12.7. The van der Waals surface area contributed by atoms with Crippen LogP contribution in [-0.2, 0) is 38.3 Å². The molecule has 51 heavy (non-hydrogen) atoms. The highest BCUT2D eigenvalue weighted by atomic mass is 32.3. The molecule has 0 spiro atoms. The third-order valence-electron chi connectivity index (χ3n) is 8.53. The maximum Gasteiger partial charge on any atom is 0.397 e. The number of hydrogen-bond acceptors (Lipinski definition) is 11. The van der Waals surface area contributed by atoms with E-state index in [4.69, 9.17) is 23.5 Å². The normalized spacial score (nSPS) is 22.0. The number of aliphatic hydroxyl groups excluding tert-OH is 3. The van der Waals surface area contributed by atoms with Crippen molar-refractivity contribution in [2.75, 3.05) is 26.4 Å². The van der Waals surface area contributed by atoms with Gasteiger partial charge in [0.05, 0.1) is 19.8 Å². The highest BCUT2D eigenvalue weighted by Gasteiger charge is 2.48. The van der Waals surface area contributed by atoms with Crippen molar-refractivity contribution < 1.29 is 56.2 Å². The van der Waals surface area contributed by atoms with Crippen LogP contribution >= 0.6 is 0 Å². The van der Waals surface area contributed by atoms with Gasteiger partial charge in [-0.25, -0.2) is 4.18 Å². The van der Waals surface area contributed by atoms with Crippen molar-refractivity contribution in [3.05, 3.63) is 36.5 Å². The van der Waals surface area contributed by atoms with Gasteiger partial charge in [-0.3, -0.25) is 9.35 Å². The van der Waals surface area contributed by atoms with Crippen molar-refractivity contribution >= 4 is 16.4 Å². The van der Waals surface area contributed by atoms with Crippen LogP contribution in [-0.4, -0.2) is 97.5 Å². The number of ether oxygens (including phenoxy) is 4. The second-order valence-electron chi connectivity index (χ2n) is 13.1. The van der Waals surface area contributed by atoms with Crippen LogP contribution in [0.25, 0.3) is 0 Å². The Morgan fingerprint density at radius 2 is 1.35 bits per heavy atom.